The third-order valence-electron chi connectivity index (χ3n) is 4.63. The van der Waals surface area contributed by atoms with Crippen LogP contribution < -0.4 is 4.74 Å². The molecule has 4 rings (SSSR count). The molecule has 0 fully saturated rings. The van der Waals surface area contributed by atoms with E-state index in [9.17, 15) is 13.6 Å². The molecular weight excluding hydrogens is 402 g/mol. The Morgan fingerprint density at radius 3 is 1.47 bits per heavy atom. The number of hydrogen-bond donors (Lipinski definition) is 0. The largest absolute Gasteiger partial charge is 0.416 e. The van der Waals surface area contributed by atoms with E-state index in [0.29, 0.717) is 6.07 Å². The van der Waals surface area contributed by atoms with E-state index >= 15 is 0 Å². The average molecular weight is 420 g/mol. The zero-order chi connectivity index (χ0) is 21.0. The molecule has 0 saturated carbocycles. The van der Waals surface area contributed by atoms with Crippen molar-refractivity contribution < 1.29 is 18.3 Å². The first-order valence-corrected chi connectivity index (χ1v) is 10.9. The van der Waals surface area contributed by atoms with Gasteiger partial charge in [-0.2, -0.15) is 0 Å². The lowest BCUT2D eigenvalue weighted by Crippen LogP contribution is -2.19. The molecule has 0 heterocycles. The van der Waals surface area contributed by atoms with E-state index < -0.39 is 27.0 Å². The minimum absolute atomic E-state index is 0.305. The molecule has 0 aliphatic carbocycles. The van der Waals surface area contributed by atoms with E-state index in [-0.39, 0.29) is 5.75 Å². The van der Waals surface area contributed by atoms with E-state index in [4.69, 9.17) is 4.74 Å². The highest BCUT2D eigenvalue weighted by atomic mass is 32.3. The molecule has 150 valence electrons. The molecule has 30 heavy (non-hydrogen) atoms. The van der Waals surface area contributed by atoms with Gasteiger partial charge in [0.15, 0.2) is 11.6 Å². The lowest BCUT2D eigenvalue weighted by atomic mass is 10.3. The van der Waals surface area contributed by atoms with Gasteiger partial charge in [-0.25, -0.2) is 13.6 Å². The summed E-state index contributed by atoms with van der Waals surface area (Å²) in [5.74, 6) is -1.97. The Kier molecular flexibility index (Phi) is 5.63. The molecule has 5 heteroatoms. The number of carbonyl (C=O) groups is 1. The van der Waals surface area contributed by atoms with Crippen molar-refractivity contribution in [3.8, 4) is 5.75 Å². The number of halogens is 2. The van der Waals surface area contributed by atoms with Crippen molar-refractivity contribution in [1.82, 2.24) is 0 Å². The maximum Gasteiger partial charge on any atom is 0.367 e. The van der Waals surface area contributed by atoms with Gasteiger partial charge in [0.25, 0.3) is 0 Å². The summed E-state index contributed by atoms with van der Waals surface area (Å²) >= 11 is 0. The maximum absolute atomic E-state index is 14.3. The smallest absolute Gasteiger partial charge is 0.367 e. The van der Waals surface area contributed by atoms with Crippen molar-refractivity contribution in [3.05, 3.63) is 121 Å². The summed E-state index contributed by atoms with van der Waals surface area (Å²) in [5, 5.41) is -0.600. The minimum Gasteiger partial charge on any atom is -0.416 e. The standard InChI is InChI=1S/C25H18F2O2S/c26-19-16-17-24(23(27)18-19)29-25(28)30(20-10-4-1-5-11-20,21-12-6-2-7-13-21)22-14-8-3-9-15-22/h1-18H. The highest BCUT2D eigenvalue weighted by Crippen LogP contribution is 2.69. The molecule has 2 nitrogen and oxygen atoms in total. The minimum atomic E-state index is -2.56. The second-order valence-electron chi connectivity index (χ2n) is 6.48. The van der Waals surface area contributed by atoms with E-state index in [1.807, 2.05) is 91.0 Å². The maximum atomic E-state index is 14.3. The third kappa shape index (κ3) is 3.60. The Labute approximate surface area is 175 Å². The fraction of sp³-hybridized carbons (Fsp3) is 0. The van der Waals surface area contributed by atoms with Gasteiger partial charge >= 0.3 is 5.30 Å². The molecule has 0 aromatic heterocycles. The van der Waals surface area contributed by atoms with Crippen molar-refractivity contribution in [1.29, 1.82) is 0 Å². The Morgan fingerprint density at radius 1 is 0.633 bits per heavy atom. The molecule has 0 N–H and O–H groups in total. The monoisotopic (exact) mass is 420 g/mol. The zero-order valence-electron chi connectivity index (χ0n) is 15.9. The molecule has 0 spiro atoms. The fourth-order valence-electron chi connectivity index (χ4n) is 3.28. The van der Waals surface area contributed by atoms with Gasteiger partial charge in [-0.3, -0.25) is 0 Å². The van der Waals surface area contributed by atoms with Crippen LogP contribution in [0.4, 0.5) is 13.6 Å². The van der Waals surface area contributed by atoms with Gasteiger partial charge in [0, 0.05) is 20.8 Å². The number of carbonyl (C=O) groups excluding carboxylic acids is 1. The van der Waals surface area contributed by atoms with Gasteiger partial charge in [0.05, 0.1) is 0 Å². The zero-order valence-corrected chi connectivity index (χ0v) is 16.7. The molecule has 0 aliphatic rings. The molecule has 0 atom stereocenters. The van der Waals surface area contributed by atoms with Crippen LogP contribution in [0, 0.1) is 11.6 Å². The molecule has 0 aliphatic heterocycles. The first-order chi connectivity index (χ1) is 14.6. The highest BCUT2D eigenvalue weighted by molar-refractivity contribution is 8.45. The van der Waals surface area contributed by atoms with E-state index in [2.05, 4.69) is 0 Å². The third-order valence-corrected chi connectivity index (χ3v) is 8.15. The molecular formula is C25H18F2O2S. The van der Waals surface area contributed by atoms with Crippen LogP contribution in [0.3, 0.4) is 0 Å². The van der Waals surface area contributed by atoms with Gasteiger partial charge in [-0.15, -0.1) is 0 Å². The molecule has 0 bridgehead atoms. The van der Waals surface area contributed by atoms with Crippen molar-refractivity contribution in [2.24, 2.45) is 0 Å². The summed E-state index contributed by atoms with van der Waals surface area (Å²) in [7, 11) is -2.56. The Balaban J connectivity index is 1.96. The first-order valence-electron chi connectivity index (χ1n) is 9.28. The van der Waals surface area contributed by atoms with Crippen molar-refractivity contribution in [2.45, 2.75) is 14.7 Å². The van der Waals surface area contributed by atoms with Crippen LogP contribution in [0.25, 0.3) is 0 Å². The summed E-state index contributed by atoms with van der Waals surface area (Å²) in [6.07, 6.45) is 0. The van der Waals surface area contributed by atoms with Gasteiger partial charge < -0.3 is 4.74 Å². The first kappa shape index (κ1) is 19.9. The summed E-state index contributed by atoms with van der Waals surface area (Å²) in [6, 6.07) is 30.9. The van der Waals surface area contributed by atoms with Gasteiger partial charge in [0.2, 0.25) is 0 Å². The van der Waals surface area contributed by atoms with Crippen molar-refractivity contribution in [2.75, 3.05) is 0 Å². The topological polar surface area (TPSA) is 26.3 Å². The van der Waals surface area contributed by atoms with Gasteiger partial charge in [0.1, 0.15) is 5.82 Å². The number of benzene rings is 4. The second kappa shape index (κ2) is 8.51. The predicted molar refractivity (Wildman–Crippen MR) is 114 cm³/mol. The van der Waals surface area contributed by atoms with Crippen LogP contribution in [0.15, 0.2) is 124 Å². The van der Waals surface area contributed by atoms with E-state index in [1.54, 1.807) is 0 Å². The molecule has 4 aromatic rings. The van der Waals surface area contributed by atoms with Crippen molar-refractivity contribution in [3.63, 3.8) is 0 Å². The Bertz CT molecular complexity index is 1050. The fourth-order valence-corrected chi connectivity index (χ4v) is 6.59. The van der Waals surface area contributed by atoms with Crippen LogP contribution >= 0.6 is 10.0 Å². The molecule has 0 amide bonds. The summed E-state index contributed by atoms with van der Waals surface area (Å²) < 4.78 is 33.2. The van der Waals surface area contributed by atoms with Crippen LogP contribution in [-0.2, 0) is 0 Å². The SMILES string of the molecule is O=C(Oc1ccc(F)cc1F)S(c1ccccc1)(c1ccccc1)c1ccccc1. The lowest BCUT2D eigenvalue weighted by Gasteiger charge is -2.38. The van der Waals surface area contributed by atoms with Crippen molar-refractivity contribution >= 4 is 15.3 Å². The number of hydrogen-bond acceptors (Lipinski definition) is 2. The van der Waals surface area contributed by atoms with E-state index in [1.165, 1.54) is 0 Å². The summed E-state index contributed by atoms with van der Waals surface area (Å²) in [6.45, 7) is 0. The van der Waals surface area contributed by atoms with Gasteiger partial charge in [-0.1, -0.05) is 64.6 Å². The average Bonchev–Trinajstić information content (AvgIpc) is 2.78. The van der Waals surface area contributed by atoms with Crippen LogP contribution in [0.2, 0.25) is 0 Å². The van der Waals surface area contributed by atoms with Gasteiger partial charge in [-0.05, 0) is 48.5 Å². The van der Waals surface area contributed by atoms with Crippen LogP contribution in [-0.4, -0.2) is 5.30 Å². The van der Waals surface area contributed by atoms with E-state index in [0.717, 1.165) is 26.8 Å². The predicted octanol–water partition coefficient (Wildman–Crippen LogP) is 7.45. The normalized spacial score (nSPS) is 11.7. The molecule has 0 unspecified atom stereocenters. The molecule has 0 radical (unpaired) electrons. The molecule has 4 aromatic carbocycles. The quantitative estimate of drug-likeness (QED) is 0.321. The number of rotatable bonds is 4. The molecule has 0 saturated heterocycles. The second-order valence-corrected chi connectivity index (χ2v) is 9.45. The highest BCUT2D eigenvalue weighted by Gasteiger charge is 2.40. The summed E-state index contributed by atoms with van der Waals surface area (Å²) in [4.78, 5) is 16.1. The lowest BCUT2D eigenvalue weighted by molar-refractivity contribution is 0.223. The van der Waals surface area contributed by atoms with Crippen LogP contribution in [0.5, 0.6) is 5.75 Å². The Morgan fingerprint density at radius 2 is 1.07 bits per heavy atom. The number of ether oxygens (including phenoxy) is 1. The Hall–Kier alpha value is -3.44. The van der Waals surface area contributed by atoms with Crippen LogP contribution in [0.1, 0.15) is 0 Å². The summed E-state index contributed by atoms with van der Waals surface area (Å²) in [5.41, 5.74) is 0.